The molecule has 3 aromatic rings. The number of aryl methyl sites for hydroxylation is 1. The molecule has 0 saturated heterocycles. The number of rotatable bonds is 4. The van der Waals surface area contributed by atoms with Crippen LogP contribution in [0.4, 0.5) is 0 Å². The highest BCUT2D eigenvalue weighted by atomic mass is 16.3. The van der Waals surface area contributed by atoms with Crippen molar-refractivity contribution in [1.82, 2.24) is 9.88 Å². The third kappa shape index (κ3) is 2.93. The Hall–Kier alpha value is -2.82. The van der Waals surface area contributed by atoms with E-state index in [1.807, 2.05) is 25.1 Å². The van der Waals surface area contributed by atoms with E-state index in [1.165, 1.54) is 6.07 Å². The van der Waals surface area contributed by atoms with Crippen LogP contribution in [-0.2, 0) is 17.9 Å². The lowest BCUT2D eigenvalue weighted by Crippen LogP contribution is -2.27. The lowest BCUT2D eigenvalue weighted by molar-refractivity contribution is -0.121. The number of benzene rings is 1. The van der Waals surface area contributed by atoms with E-state index in [9.17, 15) is 9.59 Å². The molecule has 0 saturated carbocycles. The molecule has 22 heavy (non-hydrogen) atoms. The molecule has 0 aliphatic carbocycles. The number of aromatic nitrogens is 1. The summed E-state index contributed by atoms with van der Waals surface area (Å²) < 4.78 is 6.94. The average Bonchev–Trinajstić information content (AvgIpc) is 3.02. The molecule has 5 heteroatoms. The predicted octanol–water partition coefficient (Wildman–Crippen LogP) is 2.22. The molecule has 0 bridgehead atoms. The van der Waals surface area contributed by atoms with Crippen molar-refractivity contribution in [3.63, 3.8) is 0 Å². The van der Waals surface area contributed by atoms with Gasteiger partial charge in [-0.15, -0.1) is 0 Å². The Morgan fingerprint density at radius 1 is 1.27 bits per heavy atom. The van der Waals surface area contributed by atoms with E-state index < -0.39 is 0 Å². The molecule has 112 valence electrons. The first-order valence-electron chi connectivity index (χ1n) is 7.02. The zero-order chi connectivity index (χ0) is 15.5. The second-order valence-corrected chi connectivity index (χ2v) is 5.18. The molecule has 0 fully saturated rings. The molecular formula is C17H16N2O3. The molecule has 0 aliphatic heterocycles. The molecule has 1 N–H and O–H groups in total. The third-order valence-electron chi connectivity index (χ3n) is 3.49. The van der Waals surface area contributed by atoms with Gasteiger partial charge in [0.2, 0.25) is 5.91 Å². The van der Waals surface area contributed by atoms with E-state index in [-0.39, 0.29) is 17.9 Å². The summed E-state index contributed by atoms with van der Waals surface area (Å²) in [6.45, 7) is 2.44. The molecule has 1 amide bonds. The van der Waals surface area contributed by atoms with Crippen LogP contribution in [0.5, 0.6) is 0 Å². The Bertz CT molecular complexity index is 863. The van der Waals surface area contributed by atoms with Crippen LogP contribution in [0.25, 0.3) is 10.9 Å². The average molecular weight is 296 g/mol. The fourth-order valence-corrected chi connectivity index (χ4v) is 2.37. The Morgan fingerprint density at radius 3 is 2.91 bits per heavy atom. The van der Waals surface area contributed by atoms with Gasteiger partial charge in [-0.05, 0) is 31.2 Å². The van der Waals surface area contributed by atoms with Crippen LogP contribution in [-0.4, -0.2) is 10.5 Å². The van der Waals surface area contributed by atoms with Gasteiger partial charge in [0.15, 0.2) is 5.43 Å². The first-order chi connectivity index (χ1) is 10.6. The third-order valence-corrected chi connectivity index (χ3v) is 3.49. The van der Waals surface area contributed by atoms with E-state index in [0.717, 1.165) is 11.1 Å². The van der Waals surface area contributed by atoms with Crippen LogP contribution in [0.15, 0.2) is 58.1 Å². The minimum atomic E-state index is -0.137. The van der Waals surface area contributed by atoms with Crippen molar-refractivity contribution in [1.29, 1.82) is 0 Å². The lowest BCUT2D eigenvalue weighted by Gasteiger charge is -2.11. The van der Waals surface area contributed by atoms with Gasteiger partial charge >= 0.3 is 0 Å². The number of nitrogens with one attached hydrogen (secondary N) is 1. The predicted molar refractivity (Wildman–Crippen MR) is 83.5 cm³/mol. The summed E-state index contributed by atoms with van der Waals surface area (Å²) in [6.07, 6.45) is 3.21. The number of amides is 1. The topological polar surface area (TPSA) is 64.2 Å². The van der Waals surface area contributed by atoms with Gasteiger partial charge in [-0.3, -0.25) is 9.59 Å². The Morgan fingerprint density at radius 2 is 2.14 bits per heavy atom. The van der Waals surface area contributed by atoms with Crippen molar-refractivity contribution >= 4 is 16.8 Å². The normalized spacial score (nSPS) is 10.8. The summed E-state index contributed by atoms with van der Waals surface area (Å²) in [7, 11) is 0. The maximum absolute atomic E-state index is 12.1. The molecule has 2 heterocycles. The molecule has 0 atom stereocenters. The van der Waals surface area contributed by atoms with E-state index in [0.29, 0.717) is 17.7 Å². The van der Waals surface area contributed by atoms with Crippen molar-refractivity contribution in [2.24, 2.45) is 0 Å². The van der Waals surface area contributed by atoms with Gasteiger partial charge in [-0.2, -0.15) is 0 Å². The van der Waals surface area contributed by atoms with Crippen molar-refractivity contribution in [3.8, 4) is 0 Å². The van der Waals surface area contributed by atoms with Crippen LogP contribution < -0.4 is 10.7 Å². The molecule has 0 aliphatic rings. The smallest absolute Gasteiger partial charge is 0.240 e. The number of furan rings is 1. The van der Waals surface area contributed by atoms with Crippen molar-refractivity contribution in [2.45, 2.75) is 20.0 Å². The number of carbonyl (C=O) groups excluding carboxylic acids is 1. The van der Waals surface area contributed by atoms with Crippen LogP contribution in [0, 0.1) is 6.92 Å². The van der Waals surface area contributed by atoms with Crippen molar-refractivity contribution in [2.75, 3.05) is 0 Å². The standard InChI is InChI=1S/C17H16N2O3/c1-12-4-5-15-14(9-12)16(20)6-7-19(15)11-17(21)18-10-13-3-2-8-22-13/h2-9H,10-11H2,1H3,(H,18,21). The lowest BCUT2D eigenvalue weighted by atomic mass is 10.1. The molecule has 1 aromatic carbocycles. The highest BCUT2D eigenvalue weighted by molar-refractivity contribution is 5.82. The van der Waals surface area contributed by atoms with Gasteiger partial charge in [-0.1, -0.05) is 11.6 Å². The summed E-state index contributed by atoms with van der Waals surface area (Å²) in [5.74, 6) is 0.565. The fraction of sp³-hybridized carbons (Fsp3) is 0.176. The molecule has 2 aromatic heterocycles. The highest BCUT2D eigenvalue weighted by Gasteiger charge is 2.07. The van der Waals surface area contributed by atoms with Gasteiger partial charge in [0.25, 0.3) is 0 Å². The quantitative estimate of drug-likeness (QED) is 0.803. The van der Waals surface area contributed by atoms with Crippen LogP contribution in [0.2, 0.25) is 0 Å². The fourth-order valence-electron chi connectivity index (χ4n) is 2.37. The van der Waals surface area contributed by atoms with Crippen LogP contribution in [0.1, 0.15) is 11.3 Å². The van der Waals surface area contributed by atoms with Gasteiger partial charge in [-0.25, -0.2) is 0 Å². The molecule has 0 unspecified atom stereocenters. The number of nitrogens with zero attached hydrogens (tertiary/aromatic N) is 1. The number of pyridine rings is 1. The van der Waals surface area contributed by atoms with Crippen LogP contribution in [0.3, 0.4) is 0 Å². The van der Waals surface area contributed by atoms with Gasteiger partial charge in [0.1, 0.15) is 12.3 Å². The van der Waals surface area contributed by atoms with Crippen LogP contribution >= 0.6 is 0 Å². The highest BCUT2D eigenvalue weighted by Crippen LogP contribution is 2.12. The minimum Gasteiger partial charge on any atom is -0.467 e. The Kier molecular flexibility index (Phi) is 3.78. The molecule has 0 radical (unpaired) electrons. The van der Waals surface area contributed by atoms with E-state index in [2.05, 4.69) is 5.32 Å². The molecule has 3 rings (SSSR count). The number of carbonyl (C=O) groups is 1. The maximum Gasteiger partial charge on any atom is 0.240 e. The maximum atomic E-state index is 12.1. The van der Waals surface area contributed by atoms with E-state index >= 15 is 0 Å². The molecule has 0 spiro atoms. The summed E-state index contributed by atoms with van der Waals surface area (Å²) in [6, 6.07) is 10.7. The second-order valence-electron chi connectivity index (χ2n) is 5.18. The SMILES string of the molecule is Cc1ccc2c(c1)c(=O)ccn2CC(=O)NCc1ccco1. The zero-order valence-electron chi connectivity index (χ0n) is 12.2. The van der Waals surface area contributed by atoms with E-state index in [1.54, 1.807) is 29.2 Å². The summed E-state index contributed by atoms with van der Waals surface area (Å²) in [5.41, 5.74) is 1.74. The first-order valence-corrected chi connectivity index (χ1v) is 7.02. The van der Waals surface area contributed by atoms with Gasteiger partial charge in [0, 0.05) is 17.6 Å². The minimum absolute atomic E-state index is 0.0362. The van der Waals surface area contributed by atoms with Gasteiger partial charge in [0.05, 0.1) is 18.3 Å². The number of fused-ring (bicyclic) bond motifs is 1. The van der Waals surface area contributed by atoms with Gasteiger partial charge < -0.3 is 14.3 Å². The summed E-state index contributed by atoms with van der Waals surface area (Å²) in [5, 5.41) is 3.42. The Balaban J connectivity index is 1.80. The van der Waals surface area contributed by atoms with Crippen molar-refractivity contribution in [3.05, 3.63) is 70.4 Å². The number of hydrogen-bond acceptors (Lipinski definition) is 3. The second kappa shape index (κ2) is 5.89. The zero-order valence-corrected chi connectivity index (χ0v) is 12.2. The molecule has 5 nitrogen and oxygen atoms in total. The monoisotopic (exact) mass is 296 g/mol. The summed E-state index contributed by atoms with van der Waals surface area (Å²) in [4.78, 5) is 24.0. The first kappa shape index (κ1) is 14.1. The number of hydrogen-bond donors (Lipinski definition) is 1. The molecular weight excluding hydrogens is 280 g/mol. The summed E-state index contributed by atoms with van der Waals surface area (Å²) >= 11 is 0. The van der Waals surface area contributed by atoms with E-state index in [4.69, 9.17) is 4.42 Å². The van der Waals surface area contributed by atoms with Crippen molar-refractivity contribution < 1.29 is 9.21 Å². The Labute approximate surface area is 127 Å². The largest absolute Gasteiger partial charge is 0.467 e.